The van der Waals surface area contributed by atoms with Gasteiger partial charge in [0.05, 0.1) is 0 Å². The molecule has 1 heterocycles. The second kappa shape index (κ2) is 7.83. The first-order chi connectivity index (χ1) is 10.5. The molecule has 0 spiro atoms. The number of alkyl halides is 3. The summed E-state index contributed by atoms with van der Waals surface area (Å²) in [4.78, 5) is 2.35. The third-order valence-corrected chi connectivity index (χ3v) is 3.90. The summed E-state index contributed by atoms with van der Waals surface area (Å²) >= 11 is 0. The Kier molecular flexibility index (Phi) is 6.08. The van der Waals surface area contributed by atoms with Gasteiger partial charge in [0.15, 0.2) is 0 Å². The predicted molar refractivity (Wildman–Crippen MR) is 79.8 cm³/mol. The molecule has 1 aromatic rings. The summed E-state index contributed by atoms with van der Waals surface area (Å²) in [5.41, 5.74) is 0.900. The van der Waals surface area contributed by atoms with Gasteiger partial charge in [0.2, 0.25) is 0 Å². The summed E-state index contributed by atoms with van der Waals surface area (Å²) < 4.78 is 41.2. The first kappa shape index (κ1) is 17.1. The lowest BCUT2D eigenvalue weighted by Gasteiger charge is -2.35. The number of halogens is 3. The normalized spacial score (nSPS) is 18.2. The highest BCUT2D eigenvalue weighted by Crippen LogP contribution is 2.31. The molecule has 1 saturated heterocycles. The molecule has 124 valence electrons. The van der Waals surface area contributed by atoms with Crippen molar-refractivity contribution in [1.82, 2.24) is 10.2 Å². The Hall–Kier alpha value is -1.27. The number of hydrogen-bond donors (Lipinski definition) is 1. The number of rotatable bonds is 6. The van der Waals surface area contributed by atoms with Gasteiger partial charge < -0.3 is 10.1 Å². The Morgan fingerprint density at radius 2 is 2.00 bits per heavy atom. The Morgan fingerprint density at radius 3 is 2.64 bits per heavy atom. The zero-order chi connectivity index (χ0) is 16.0. The summed E-state index contributed by atoms with van der Waals surface area (Å²) in [6.45, 7) is 5.79. The molecule has 0 saturated carbocycles. The van der Waals surface area contributed by atoms with Gasteiger partial charge in [-0.25, -0.2) is 0 Å². The lowest BCUT2D eigenvalue weighted by atomic mass is 9.98. The molecule has 3 nitrogen and oxygen atoms in total. The van der Waals surface area contributed by atoms with Crippen molar-refractivity contribution in [2.75, 3.05) is 26.2 Å². The van der Waals surface area contributed by atoms with Gasteiger partial charge in [-0.1, -0.05) is 31.9 Å². The summed E-state index contributed by atoms with van der Waals surface area (Å²) in [7, 11) is 0. The fourth-order valence-corrected chi connectivity index (χ4v) is 2.87. The summed E-state index contributed by atoms with van der Waals surface area (Å²) in [5.74, 6) is -0.137. The highest BCUT2D eigenvalue weighted by Gasteiger charge is 2.31. The van der Waals surface area contributed by atoms with Gasteiger partial charge in [0, 0.05) is 32.2 Å². The number of hydrogen-bond acceptors (Lipinski definition) is 3. The molecule has 1 fully saturated rings. The lowest BCUT2D eigenvalue weighted by molar-refractivity contribution is -0.274. The average molecular weight is 316 g/mol. The third-order valence-electron chi connectivity index (χ3n) is 3.90. The Bertz CT molecular complexity index is 459. The van der Waals surface area contributed by atoms with Crippen LogP contribution in [0.5, 0.6) is 5.75 Å². The van der Waals surface area contributed by atoms with Crippen LogP contribution in [-0.4, -0.2) is 37.4 Å². The minimum absolute atomic E-state index is 0.137. The van der Waals surface area contributed by atoms with Crippen LogP contribution in [0.4, 0.5) is 13.2 Å². The molecule has 2 rings (SSSR count). The highest BCUT2D eigenvalue weighted by molar-refractivity contribution is 5.31. The van der Waals surface area contributed by atoms with Crippen LogP contribution in [0.25, 0.3) is 0 Å². The summed E-state index contributed by atoms with van der Waals surface area (Å²) in [6.07, 6.45) is -1.57. The van der Waals surface area contributed by atoms with Crippen LogP contribution in [0, 0.1) is 0 Å². The van der Waals surface area contributed by atoms with Crippen LogP contribution in [-0.2, 0) is 0 Å². The molecule has 0 radical (unpaired) electrons. The van der Waals surface area contributed by atoms with E-state index in [1.54, 1.807) is 6.07 Å². The first-order valence-corrected chi connectivity index (χ1v) is 7.80. The fourth-order valence-electron chi connectivity index (χ4n) is 2.87. The topological polar surface area (TPSA) is 24.5 Å². The van der Waals surface area contributed by atoms with E-state index < -0.39 is 6.36 Å². The molecule has 1 atom stereocenters. The van der Waals surface area contributed by atoms with Gasteiger partial charge in [0.1, 0.15) is 5.75 Å². The Labute approximate surface area is 129 Å². The monoisotopic (exact) mass is 316 g/mol. The zero-order valence-electron chi connectivity index (χ0n) is 12.8. The van der Waals surface area contributed by atoms with Crippen LogP contribution < -0.4 is 10.1 Å². The van der Waals surface area contributed by atoms with Crippen molar-refractivity contribution in [1.29, 1.82) is 0 Å². The van der Waals surface area contributed by atoms with Gasteiger partial charge in [0.25, 0.3) is 0 Å². The SMILES string of the molecule is CCCC[C@H](c1cccc(OC(F)(F)F)c1)N1CCNCC1. The van der Waals surface area contributed by atoms with E-state index in [4.69, 9.17) is 0 Å². The standard InChI is InChI=1S/C16H23F3N2O/c1-2-3-7-15(21-10-8-20-9-11-21)13-5-4-6-14(12-13)22-16(17,18)19/h4-6,12,15,20H,2-3,7-11H2,1H3/t15-/m1/s1. The second-order valence-corrected chi connectivity index (χ2v) is 5.56. The molecular weight excluding hydrogens is 293 g/mol. The molecule has 0 aliphatic carbocycles. The van der Waals surface area contributed by atoms with E-state index >= 15 is 0 Å². The number of nitrogens with zero attached hydrogens (tertiary/aromatic N) is 1. The van der Waals surface area contributed by atoms with E-state index in [2.05, 4.69) is 21.9 Å². The van der Waals surface area contributed by atoms with Crippen molar-refractivity contribution in [2.45, 2.75) is 38.6 Å². The van der Waals surface area contributed by atoms with E-state index in [0.29, 0.717) is 0 Å². The van der Waals surface area contributed by atoms with Crippen LogP contribution >= 0.6 is 0 Å². The van der Waals surface area contributed by atoms with Crippen molar-refractivity contribution < 1.29 is 17.9 Å². The Morgan fingerprint density at radius 1 is 1.27 bits per heavy atom. The summed E-state index contributed by atoms with van der Waals surface area (Å²) in [5, 5.41) is 3.30. The van der Waals surface area contributed by atoms with E-state index in [0.717, 1.165) is 51.0 Å². The largest absolute Gasteiger partial charge is 0.573 e. The molecule has 1 aliphatic rings. The molecule has 1 aliphatic heterocycles. The van der Waals surface area contributed by atoms with Gasteiger partial charge in [-0.3, -0.25) is 4.90 Å². The van der Waals surface area contributed by atoms with Crippen LogP contribution in [0.3, 0.4) is 0 Å². The molecule has 22 heavy (non-hydrogen) atoms. The van der Waals surface area contributed by atoms with E-state index in [-0.39, 0.29) is 11.8 Å². The van der Waals surface area contributed by atoms with Crippen molar-refractivity contribution in [3.63, 3.8) is 0 Å². The molecule has 1 aromatic carbocycles. The fraction of sp³-hybridized carbons (Fsp3) is 0.625. The van der Waals surface area contributed by atoms with Crippen molar-refractivity contribution >= 4 is 0 Å². The molecule has 0 bridgehead atoms. The van der Waals surface area contributed by atoms with Gasteiger partial charge in [-0.2, -0.15) is 0 Å². The molecule has 0 amide bonds. The quantitative estimate of drug-likeness (QED) is 0.865. The number of unbranched alkanes of at least 4 members (excludes halogenated alkanes) is 1. The van der Waals surface area contributed by atoms with Crippen LogP contribution in [0.1, 0.15) is 37.8 Å². The highest BCUT2D eigenvalue weighted by atomic mass is 19.4. The average Bonchev–Trinajstić information content (AvgIpc) is 2.47. The van der Waals surface area contributed by atoms with Gasteiger partial charge in [-0.05, 0) is 24.1 Å². The maximum absolute atomic E-state index is 12.4. The third kappa shape index (κ3) is 5.18. The minimum Gasteiger partial charge on any atom is -0.406 e. The maximum Gasteiger partial charge on any atom is 0.573 e. The number of piperazine rings is 1. The van der Waals surface area contributed by atoms with Crippen LogP contribution in [0.15, 0.2) is 24.3 Å². The van der Waals surface area contributed by atoms with E-state index in [1.165, 1.54) is 12.1 Å². The summed E-state index contributed by atoms with van der Waals surface area (Å²) in [6, 6.07) is 6.56. The van der Waals surface area contributed by atoms with Crippen molar-refractivity contribution in [3.05, 3.63) is 29.8 Å². The molecule has 0 aromatic heterocycles. The van der Waals surface area contributed by atoms with E-state index in [1.807, 2.05) is 6.07 Å². The minimum atomic E-state index is -4.65. The predicted octanol–water partition coefficient (Wildman–Crippen LogP) is 3.72. The maximum atomic E-state index is 12.4. The Balaban J connectivity index is 2.16. The van der Waals surface area contributed by atoms with Gasteiger partial charge in [-0.15, -0.1) is 13.2 Å². The number of ether oxygens (including phenoxy) is 1. The molecule has 0 unspecified atom stereocenters. The van der Waals surface area contributed by atoms with Crippen molar-refractivity contribution in [3.8, 4) is 5.75 Å². The lowest BCUT2D eigenvalue weighted by Crippen LogP contribution is -2.45. The van der Waals surface area contributed by atoms with Gasteiger partial charge >= 0.3 is 6.36 Å². The first-order valence-electron chi connectivity index (χ1n) is 7.80. The second-order valence-electron chi connectivity index (χ2n) is 5.56. The molecule has 1 N–H and O–H groups in total. The zero-order valence-corrected chi connectivity index (χ0v) is 12.8. The molecule has 6 heteroatoms. The smallest absolute Gasteiger partial charge is 0.406 e. The van der Waals surface area contributed by atoms with E-state index in [9.17, 15) is 13.2 Å². The van der Waals surface area contributed by atoms with Crippen LogP contribution in [0.2, 0.25) is 0 Å². The number of nitrogens with one attached hydrogen (secondary N) is 1. The van der Waals surface area contributed by atoms with Crippen molar-refractivity contribution in [2.24, 2.45) is 0 Å². The number of benzene rings is 1. The molecular formula is C16H23F3N2O.